The molecule has 28 heavy (non-hydrogen) atoms. The van der Waals surface area contributed by atoms with Gasteiger partial charge in [-0.3, -0.25) is 13.8 Å². The number of ether oxygens (including phenoxy) is 1. The molecule has 158 valence electrons. The summed E-state index contributed by atoms with van der Waals surface area (Å²) in [6.07, 6.45) is 0.839. The van der Waals surface area contributed by atoms with Crippen molar-refractivity contribution in [3.05, 3.63) is 29.8 Å². The van der Waals surface area contributed by atoms with E-state index >= 15 is 0 Å². The van der Waals surface area contributed by atoms with E-state index in [1.54, 1.807) is 12.1 Å². The van der Waals surface area contributed by atoms with Crippen LogP contribution < -0.4 is 5.32 Å². The zero-order chi connectivity index (χ0) is 21.2. The van der Waals surface area contributed by atoms with Gasteiger partial charge >= 0.3 is 5.97 Å². The van der Waals surface area contributed by atoms with Crippen molar-refractivity contribution >= 4 is 29.1 Å². The number of amides is 1. The summed E-state index contributed by atoms with van der Waals surface area (Å²) in [6, 6.07) is 6.25. The maximum Gasteiger partial charge on any atom is 0.306 e. The lowest BCUT2D eigenvalue weighted by Crippen LogP contribution is -2.27. The highest BCUT2D eigenvalue weighted by Gasteiger charge is 2.24. The lowest BCUT2D eigenvalue weighted by atomic mass is 10.2. The Morgan fingerprint density at radius 1 is 1.11 bits per heavy atom. The fourth-order valence-electron chi connectivity index (χ4n) is 2.40. The van der Waals surface area contributed by atoms with Gasteiger partial charge in [-0.1, -0.05) is 24.6 Å². The number of hydrogen-bond donors (Lipinski definition) is 1. The van der Waals surface area contributed by atoms with Crippen LogP contribution in [0.5, 0.6) is 0 Å². The molecule has 0 aliphatic rings. The van der Waals surface area contributed by atoms with Crippen molar-refractivity contribution in [2.75, 3.05) is 32.3 Å². The first-order valence-corrected chi connectivity index (χ1v) is 12.7. The van der Waals surface area contributed by atoms with Crippen LogP contribution in [-0.2, 0) is 33.2 Å². The first kappa shape index (κ1) is 24.3. The third-order valence-corrected chi connectivity index (χ3v) is 8.35. The molecule has 1 N–H and O–H groups in total. The molecule has 1 unspecified atom stereocenters. The van der Waals surface area contributed by atoms with Crippen LogP contribution >= 0.6 is 7.14 Å². The second kappa shape index (κ2) is 11.3. The third kappa shape index (κ3) is 8.54. The Bertz CT molecular complexity index is 806. The van der Waals surface area contributed by atoms with Gasteiger partial charge < -0.3 is 14.6 Å². The lowest BCUT2D eigenvalue weighted by molar-refractivity contribution is -0.142. The monoisotopic (exact) mass is 433 g/mol. The summed E-state index contributed by atoms with van der Waals surface area (Å²) in [5.41, 5.74) is 0.925. The minimum absolute atomic E-state index is 0.0310. The van der Waals surface area contributed by atoms with Crippen LogP contribution in [0.1, 0.15) is 31.7 Å². The number of carbonyl (C=O) groups excluding carboxylic acids is 2. The summed E-state index contributed by atoms with van der Waals surface area (Å²) in [5, 5.41) is 2.56. The minimum atomic E-state index is -3.93. The minimum Gasteiger partial charge on any atom is -0.469 e. The Morgan fingerprint density at radius 2 is 1.75 bits per heavy atom. The molecule has 0 aromatic heterocycles. The topological polar surface area (TPSA) is 116 Å². The molecular weight excluding hydrogens is 405 g/mol. The fraction of sp³-hybridized carbons (Fsp3) is 0.556. The molecule has 0 aliphatic carbocycles. The van der Waals surface area contributed by atoms with Crippen molar-refractivity contribution < 1.29 is 31.5 Å². The van der Waals surface area contributed by atoms with E-state index in [0.717, 1.165) is 5.56 Å². The van der Waals surface area contributed by atoms with Gasteiger partial charge in [0.05, 0.1) is 31.3 Å². The first-order valence-electron chi connectivity index (χ1n) is 8.98. The smallest absolute Gasteiger partial charge is 0.306 e. The van der Waals surface area contributed by atoms with E-state index in [-0.39, 0.29) is 36.8 Å². The molecular formula is C18H28NO7PS. The van der Waals surface area contributed by atoms with E-state index in [9.17, 15) is 22.6 Å². The molecule has 0 saturated heterocycles. The Balaban J connectivity index is 2.58. The number of methoxy groups -OCH3 is 1. The Hall–Kier alpha value is -1.70. The van der Waals surface area contributed by atoms with Crippen molar-refractivity contribution in [2.45, 2.75) is 38.0 Å². The molecule has 0 fully saturated rings. The molecule has 1 amide bonds. The highest BCUT2D eigenvalue weighted by atomic mass is 32.2. The Kier molecular flexibility index (Phi) is 9.85. The summed E-state index contributed by atoms with van der Waals surface area (Å²) in [4.78, 5) is 22.9. The van der Waals surface area contributed by atoms with Crippen LogP contribution in [0.4, 0.5) is 0 Å². The molecule has 0 spiro atoms. The number of hydrogen-bond acceptors (Lipinski definition) is 7. The lowest BCUT2D eigenvalue weighted by Gasteiger charge is -2.18. The van der Waals surface area contributed by atoms with Gasteiger partial charge in [-0.25, -0.2) is 0 Å². The van der Waals surface area contributed by atoms with Gasteiger partial charge in [-0.05, 0) is 25.5 Å². The van der Waals surface area contributed by atoms with Gasteiger partial charge in [0.15, 0.2) is 0 Å². The van der Waals surface area contributed by atoms with Gasteiger partial charge in [-0.2, -0.15) is 8.42 Å². The third-order valence-electron chi connectivity index (χ3n) is 4.03. The van der Waals surface area contributed by atoms with Crippen LogP contribution in [-0.4, -0.2) is 52.6 Å². The van der Waals surface area contributed by atoms with E-state index < -0.39 is 29.1 Å². The number of esters is 1. The number of aryl methyl sites for hydroxylation is 1. The number of benzene rings is 1. The normalized spacial score (nSPS) is 13.5. The highest BCUT2D eigenvalue weighted by Crippen LogP contribution is 2.44. The van der Waals surface area contributed by atoms with Crippen molar-refractivity contribution in [3.8, 4) is 0 Å². The number of nitrogens with one attached hydrogen (secondary N) is 1. The van der Waals surface area contributed by atoms with Gasteiger partial charge in [0, 0.05) is 18.7 Å². The molecule has 8 nitrogen and oxygen atoms in total. The summed E-state index contributed by atoms with van der Waals surface area (Å²) < 4.78 is 46.9. The van der Waals surface area contributed by atoms with Gasteiger partial charge in [0.25, 0.3) is 10.1 Å². The largest absolute Gasteiger partial charge is 0.469 e. The second-order valence-electron chi connectivity index (χ2n) is 6.43. The quantitative estimate of drug-likeness (QED) is 0.306. The summed E-state index contributed by atoms with van der Waals surface area (Å²) in [6.45, 7) is 3.47. The molecule has 0 bridgehead atoms. The van der Waals surface area contributed by atoms with Crippen molar-refractivity contribution in [3.63, 3.8) is 0 Å². The maximum absolute atomic E-state index is 13.0. The number of rotatable bonds is 12. The van der Waals surface area contributed by atoms with Crippen LogP contribution in [0.2, 0.25) is 0 Å². The molecule has 0 radical (unpaired) electrons. The zero-order valence-electron chi connectivity index (χ0n) is 16.5. The van der Waals surface area contributed by atoms with Crippen molar-refractivity contribution in [1.82, 2.24) is 5.32 Å². The SMILES string of the molecule is CCCP(=O)(CCOS(=O)(=O)c1ccc(C)cc1)CNC(=O)CCC(=O)OC. The van der Waals surface area contributed by atoms with E-state index in [1.807, 2.05) is 13.8 Å². The van der Waals surface area contributed by atoms with Crippen LogP contribution in [0, 0.1) is 6.92 Å². The molecule has 0 heterocycles. The first-order chi connectivity index (χ1) is 13.1. The molecule has 1 aromatic carbocycles. The standard InChI is InChI=1S/C18H28NO7PS/c1-4-12-27(22,14-19-17(20)9-10-18(21)25-3)13-11-26-28(23,24)16-7-5-15(2)6-8-16/h5-8H,4,9-14H2,1-3H3,(H,19,20). The Morgan fingerprint density at radius 3 is 2.32 bits per heavy atom. The van der Waals surface area contributed by atoms with Gasteiger partial charge in [0.2, 0.25) is 5.91 Å². The second-order valence-corrected chi connectivity index (χ2v) is 11.4. The van der Waals surface area contributed by atoms with Crippen molar-refractivity contribution in [2.24, 2.45) is 0 Å². The summed E-state index contributed by atoms with van der Waals surface area (Å²) in [5.74, 6) is -0.906. The fourth-order valence-corrected chi connectivity index (χ4v) is 5.68. The van der Waals surface area contributed by atoms with E-state index in [0.29, 0.717) is 12.6 Å². The Labute approximate surface area is 166 Å². The number of carbonyl (C=O) groups is 2. The predicted octanol–water partition coefficient (Wildman–Crippen LogP) is 2.50. The van der Waals surface area contributed by atoms with Gasteiger partial charge in [0.1, 0.15) is 7.14 Å². The van der Waals surface area contributed by atoms with E-state index in [1.165, 1.54) is 19.2 Å². The maximum atomic E-state index is 13.0. The average Bonchev–Trinajstić information content (AvgIpc) is 2.65. The predicted molar refractivity (Wildman–Crippen MR) is 106 cm³/mol. The van der Waals surface area contributed by atoms with Crippen LogP contribution in [0.15, 0.2) is 29.2 Å². The molecule has 10 heteroatoms. The van der Waals surface area contributed by atoms with Crippen LogP contribution in [0.25, 0.3) is 0 Å². The molecule has 1 rings (SSSR count). The summed E-state index contributed by atoms with van der Waals surface area (Å²) >= 11 is 0. The van der Waals surface area contributed by atoms with E-state index in [4.69, 9.17) is 4.18 Å². The summed E-state index contributed by atoms with van der Waals surface area (Å²) in [7, 11) is -5.54. The van der Waals surface area contributed by atoms with Gasteiger partial charge in [-0.15, -0.1) is 0 Å². The molecule has 0 aliphatic heterocycles. The highest BCUT2D eigenvalue weighted by molar-refractivity contribution is 7.86. The average molecular weight is 433 g/mol. The van der Waals surface area contributed by atoms with E-state index in [2.05, 4.69) is 10.1 Å². The molecule has 0 saturated carbocycles. The zero-order valence-corrected chi connectivity index (χ0v) is 18.2. The molecule has 1 atom stereocenters. The van der Waals surface area contributed by atoms with Crippen molar-refractivity contribution in [1.29, 1.82) is 0 Å². The van der Waals surface area contributed by atoms with Crippen LogP contribution in [0.3, 0.4) is 0 Å². The molecule has 1 aromatic rings.